The fourth-order valence-electron chi connectivity index (χ4n) is 6.00. The SMILES string of the molecule is CCN(CCOCC(=O)ON1C(=O)CCC1=O)c1ccc(C2=C(O)C(c3ccc(N(CC)CCn4cc(CS(=O)(=O)O)nn4)cc3O)C2O)cc1. The molecule has 0 bridgehead atoms. The number of phenolic OH excluding ortho intramolecular Hbond substituents is 1. The molecule has 18 heteroatoms. The second kappa shape index (κ2) is 15.9. The van der Waals surface area contributed by atoms with Gasteiger partial charge in [0.25, 0.3) is 21.9 Å². The lowest BCUT2D eigenvalue weighted by Crippen LogP contribution is -2.34. The van der Waals surface area contributed by atoms with Crippen LogP contribution < -0.4 is 9.80 Å². The zero-order chi connectivity index (χ0) is 36.9. The summed E-state index contributed by atoms with van der Waals surface area (Å²) in [7, 11) is -4.22. The van der Waals surface area contributed by atoms with Crippen molar-refractivity contribution in [3.05, 3.63) is 71.2 Å². The molecule has 1 aromatic heterocycles. The molecule has 51 heavy (non-hydrogen) atoms. The number of aliphatic hydroxyl groups is 2. The second-order valence-electron chi connectivity index (χ2n) is 12.0. The summed E-state index contributed by atoms with van der Waals surface area (Å²) in [5.41, 5.74) is 2.97. The molecule has 1 aliphatic heterocycles. The molecule has 274 valence electrons. The van der Waals surface area contributed by atoms with Crippen molar-refractivity contribution in [1.29, 1.82) is 0 Å². The number of hydroxylamine groups is 2. The van der Waals surface area contributed by atoms with Gasteiger partial charge in [-0.15, -0.1) is 10.2 Å². The highest BCUT2D eigenvalue weighted by Crippen LogP contribution is 2.49. The number of hydrogen-bond donors (Lipinski definition) is 4. The van der Waals surface area contributed by atoms with Crippen molar-refractivity contribution in [3.8, 4) is 5.75 Å². The van der Waals surface area contributed by atoms with Crippen LogP contribution in [0.2, 0.25) is 0 Å². The van der Waals surface area contributed by atoms with E-state index in [1.54, 1.807) is 30.3 Å². The molecular formula is C33H40N6O11S. The number of nitrogens with zero attached hydrogens (tertiary/aromatic N) is 6. The zero-order valence-electron chi connectivity index (χ0n) is 28.1. The summed E-state index contributed by atoms with van der Waals surface area (Å²) in [6.45, 7) is 6.03. The van der Waals surface area contributed by atoms with Gasteiger partial charge >= 0.3 is 5.97 Å². The smallest absolute Gasteiger partial charge is 0.358 e. The molecule has 5 rings (SSSR count). The van der Waals surface area contributed by atoms with Crippen molar-refractivity contribution in [3.63, 3.8) is 0 Å². The average molecular weight is 729 g/mol. The number of benzene rings is 2. The third-order valence-electron chi connectivity index (χ3n) is 8.64. The maximum Gasteiger partial charge on any atom is 0.358 e. The molecule has 2 aliphatic rings. The summed E-state index contributed by atoms with van der Waals surface area (Å²) in [5.74, 6) is -3.57. The van der Waals surface area contributed by atoms with Gasteiger partial charge in [0.05, 0.1) is 25.2 Å². The minimum absolute atomic E-state index is 0.00831. The van der Waals surface area contributed by atoms with Crippen LogP contribution in [-0.4, -0.2) is 112 Å². The summed E-state index contributed by atoms with van der Waals surface area (Å²) in [4.78, 5) is 43.9. The van der Waals surface area contributed by atoms with Gasteiger partial charge in [0.2, 0.25) is 0 Å². The standard InChI is InChI=1S/C33H40N6O11S/c1-3-36(13-14-38-18-22(34-35-38)20-51(46,47)48)24-9-10-25(26(40)17-24)31-32(44)30(33(31)45)21-5-7-23(8-6-21)37(4-2)15-16-49-19-29(43)50-39-27(41)11-12-28(39)42/h5-10,17-18,31-32,40,44-45H,3-4,11-16,19-20H2,1-2H3,(H,46,47,48). The monoisotopic (exact) mass is 728 g/mol. The molecule has 0 spiro atoms. The van der Waals surface area contributed by atoms with Crippen LogP contribution in [0.5, 0.6) is 5.75 Å². The molecule has 4 N–H and O–H groups in total. The Hall–Kier alpha value is -5.04. The molecule has 17 nitrogen and oxygen atoms in total. The minimum atomic E-state index is -4.22. The first-order chi connectivity index (χ1) is 24.3. The summed E-state index contributed by atoms with van der Waals surface area (Å²) < 4.78 is 38.1. The largest absolute Gasteiger partial charge is 0.511 e. The van der Waals surface area contributed by atoms with Gasteiger partial charge in [-0.05, 0) is 37.6 Å². The van der Waals surface area contributed by atoms with E-state index in [-0.39, 0.29) is 36.7 Å². The van der Waals surface area contributed by atoms with Crippen LogP contribution in [0.4, 0.5) is 11.4 Å². The lowest BCUT2D eigenvalue weighted by Gasteiger charge is -2.36. The van der Waals surface area contributed by atoms with Crippen LogP contribution in [0.1, 0.15) is 49.4 Å². The number of imide groups is 1. The van der Waals surface area contributed by atoms with E-state index in [0.717, 1.165) is 5.69 Å². The Labute approximate surface area is 294 Å². The number of phenols is 1. The number of aromatic nitrogens is 3. The lowest BCUT2D eigenvalue weighted by atomic mass is 9.73. The Morgan fingerprint density at radius 3 is 2.24 bits per heavy atom. The summed E-state index contributed by atoms with van der Waals surface area (Å²) >= 11 is 0. The molecule has 1 fully saturated rings. The predicted molar refractivity (Wildman–Crippen MR) is 182 cm³/mol. The van der Waals surface area contributed by atoms with Gasteiger partial charge < -0.3 is 34.7 Å². The zero-order valence-corrected chi connectivity index (χ0v) is 28.9. The first kappa shape index (κ1) is 37.2. The van der Waals surface area contributed by atoms with Crippen molar-refractivity contribution < 1.29 is 52.2 Å². The maximum absolute atomic E-state index is 12.0. The number of hydrogen-bond acceptors (Lipinski definition) is 14. The van der Waals surface area contributed by atoms with Crippen molar-refractivity contribution in [2.24, 2.45) is 0 Å². The first-order valence-corrected chi connectivity index (χ1v) is 17.9. The number of likely N-dealkylation sites (N-methyl/N-ethyl adjacent to an activating group) is 2. The van der Waals surface area contributed by atoms with E-state index >= 15 is 0 Å². The van der Waals surface area contributed by atoms with E-state index in [9.17, 15) is 38.1 Å². The van der Waals surface area contributed by atoms with E-state index in [0.29, 0.717) is 60.2 Å². The minimum Gasteiger partial charge on any atom is -0.511 e. The molecule has 2 aromatic carbocycles. The Morgan fingerprint density at radius 1 is 0.980 bits per heavy atom. The van der Waals surface area contributed by atoms with Gasteiger partial charge in [-0.1, -0.05) is 23.4 Å². The third-order valence-corrected chi connectivity index (χ3v) is 9.30. The van der Waals surface area contributed by atoms with Gasteiger partial charge in [-0.2, -0.15) is 8.42 Å². The highest BCUT2D eigenvalue weighted by molar-refractivity contribution is 7.85. The number of amides is 2. The quantitative estimate of drug-likeness (QED) is 0.0883. The highest BCUT2D eigenvalue weighted by Gasteiger charge is 2.42. The highest BCUT2D eigenvalue weighted by atomic mass is 32.2. The third kappa shape index (κ3) is 8.83. The predicted octanol–water partition coefficient (Wildman–Crippen LogP) is 1.78. The van der Waals surface area contributed by atoms with Gasteiger partial charge in [-0.25, -0.2) is 4.79 Å². The van der Waals surface area contributed by atoms with Crippen LogP contribution >= 0.6 is 0 Å². The van der Waals surface area contributed by atoms with E-state index in [1.165, 1.54) is 10.9 Å². The maximum atomic E-state index is 12.0. The van der Waals surface area contributed by atoms with Crippen molar-refractivity contribution in [2.45, 2.75) is 51.0 Å². The fourth-order valence-corrected chi connectivity index (χ4v) is 6.50. The molecular weight excluding hydrogens is 688 g/mol. The van der Waals surface area contributed by atoms with Crippen LogP contribution in [-0.2, 0) is 46.4 Å². The van der Waals surface area contributed by atoms with Gasteiger partial charge in [-0.3, -0.25) is 18.8 Å². The van der Waals surface area contributed by atoms with Crippen LogP contribution in [0.15, 0.2) is 54.4 Å². The van der Waals surface area contributed by atoms with Crippen molar-refractivity contribution >= 4 is 44.8 Å². The number of carbonyl (C=O) groups excluding carboxylic acids is 3. The van der Waals surface area contributed by atoms with Crippen LogP contribution in [0.3, 0.4) is 0 Å². The lowest BCUT2D eigenvalue weighted by molar-refractivity contribution is -0.200. The Morgan fingerprint density at radius 2 is 1.63 bits per heavy atom. The molecule has 1 aliphatic carbocycles. The molecule has 0 radical (unpaired) electrons. The van der Waals surface area contributed by atoms with E-state index in [2.05, 4.69) is 10.3 Å². The first-order valence-electron chi connectivity index (χ1n) is 16.3. The van der Waals surface area contributed by atoms with E-state index < -0.39 is 52.3 Å². The summed E-state index contributed by atoms with van der Waals surface area (Å²) in [6, 6.07) is 12.2. The summed E-state index contributed by atoms with van der Waals surface area (Å²) in [6.07, 6.45) is 0.385. The fraction of sp³-hybridized carbons (Fsp3) is 0.424. The number of carbonyl (C=O) groups is 3. The van der Waals surface area contributed by atoms with E-state index in [4.69, 9.17) is 14.1 Å². The molecule has 2 heterocycles. The van der Waals surface area contributed by atoms with Gasteiger partial charge in [0, 0.05) is 73.8 Å². The number of aromatic hydroxyl groups is 1. The number of rotatable bonds is 17. The van der Waals surface area contributed by atoms with Crippen molar-refractivity contribution in [2.75, 3.05) is 49.2 Å². The van der Waals surface area contributed by atoms with Crippen LogP contribution in [0.25, 0.3) is 5.57 Å². The number of aliphatic hydroxyl groups excluding tert-OH is 2. The van der Waals surface area contributed by atoms with Gasteiger partial charge in [0.15, 0.2) is 0 Å². The molecule has 2 atom stereocenters. The molecule has 2 unspecified atom stereocenters. The average Bonchev–Trinajstić information content (AvgIpc) is 3.66. The topological polar surface area (TPSA) is 225 Å². The Bertz CT molecular complexity index is 1880. The molecule has 1 saturated heterocycles. The molecule has 0 saturated carbocycles. The Balaban J connectivity index is 1.15. The summed E-state index contributed by atoms with van der Waals surface area (Å²) in [5, 5.41) is 41.2. The molecule has 3 aromatic rings. The number of ether oxygens (including phenoxy) is 1. The molecule has 2 amide bonds. The second-order valence-corrected chi connectivity index (χ2v) is 13.4. The van der Waals surface area contributed by atoms with Gasteiger partial charge in [0.1, 0.15) is 29.6 Å². The number of anilines is 2. The van der Waals surface area contributed by atoms with Crippen molar-refractivity contribution in [1.82, 2.24) is 20.1 Å². The van der Waals surface area contributed by atoms with Crippen LogP contribution in [0, 0.1) is 0 Å². The van der Waals surface area contributed by atoms with E-state index in [1.807, 2.05) is 35.8 Å². The normalized spacial score (nSPS) is 17.5. The Kier molecular flexibility index (Phi) is 11.6.